The van der Waals surface area contributed by atoms with Gasteiger partial charge in [-0.05, 0) is 32.8 Å². The van der Waals surface area contributed by atoms with E-state index in [9.17, 15) is 9.59 Å². The van der Waals surface area contributed by atoms with Gasteiger partial charge >= 0.3 is 0 Å². The molecule has 0 radical (unpaired) electrons. The Balaban J connectivity index is 1.50. The molecule has 6 heteroatoms. The molecule has 0 aromatic carbocycles. The molecule has 132 valence electrons. The normalized spacial score (nSPS) is 19.6. The topological polar surface area (TPSA) is 58.4 Å². The largest absolute Gasteiger partial charge is 0.339 e. The number of nitrogens with zero attached hydrogens (tertiary/aromatic N) is 4. The van der Waals surface area contributed by atoms with E-state index in [2.05, 4.69) is 5.10 Å². The highest BCUT2D eigenvalue weighted by Gasteiger charge is 2.29. The summed E-state index contributed by atoms with van der Waals surface area (Å²) in [6.45, 7) is 6.79. The first-order valence-electron chi connectivity index (χ1n) is 9.12. The zero-order valence-electron chi connectivity index (χ0n) is 14.8. The third-order valence-corrected chi connectivity index (χ3v) is 5.29. The van der Waals surface area contributed by atoms with Crippen molar-refractivity contribution in [1.82, 2.24) is 19.6 Å². The zero-order valence-corrected chi connectivity index (χ0v) is 14.8. The van der Waals surface area contributed by atoms with Gasteiger partial charge in [0.15, 0.2) is 0 Å². The number of aryl methyl sites for hydroxylation is 2. The van der Waals surface area contributed by atoms with E-state index in [4.69, 9.17) is 0 Å². The van der Waals surface area contributed by atoms with Crippen LogP contribution in [0, 0.1) is 19.8 Å². The van der Waals surface area contributed by atoms with E-state index in [1.165, 1.54) is 19.3 Å². The third kappa shape index (κ3) is 3.79. The van der Waals surface area contributed by atoms with Gasteiger partial charge in [-0.2, -0.15) is 5.10 Å². The maximum absolute atomic E-state index is 12.6. The number of carbonyl (C=O) groups is 2. The summed E-state index contributed by atoms with van der Waals surface area (Å²) in [6, 6.07) is 1.98. The second kappa shape index (κ2) is 7.36. The minimum absolute atomic E-state index is 0.0889. The van der Waals surface area contributed by atoms with E-state index in [-0.39, 0.29) is 18.4 Å². The molecule has 1 aromatic heterocycles. The van der Waals surface area contributed by atoms with Gasteiger partial charge in [-0.3, -0.25) is 14.3 Å². The summed E-state index contributed by atoms with van der Waals surface area (Å²) in [5.41, 5.74) is 1.94. The van der Waals surface area contributed by atoms with Crippen molar-refractivity contribution in [3.05, 3.63) is 17.5 Å². The van der Waals surface area contributed by atoms with Gasteiger partial charge in [0.2, 0.25) is 11.8 Å². The number of hydrogen-bond acceptors (Lipinski definition) is 3. The van der Waals surface area contributed by atoms with Crippen LogP contribution in [0.15, 0.2) is 6.07 Å². The van der Waals surface area contributed by atoms with Crippen LogP contribution in [0.25, 0.3) is 0 Å². The second-order valence-electron chi connectivity index (χ2n) is 7.13. The summed E-state index contributed by atoms with van der Waals surface area (Å²) < 4.78 is 1.76. The van der Waals surface area contributed by atoms with Gasteiger partial charge in [0.1, 0.15) is 6.54 Å². The minimum atomic E-state index is 0.0889. The van der Waals surface area contributed by atoms with Crippen LogP contribution in [-0.2, 0) is 16.1 Å². The first kappa shape index (κ1) is 17.0. The van der Waals surface area contributed by atoms with E-state index in [0.29, 0.717) is 32.1 Å². The number of rotatable bonds is 3. The van der Waals surface area contributed by atoms with Gasteiger partial charge in [-0.15, -0.1) is 0 Å². The molecular weight excluding hydrogens is 304 g/mol. The molecule has 2 aliphatic rings. The Morgan fingerprint density at radius 2 is 1.67 bits per heavy atom. The maximum atomic E-state index is 12.6. The number of piperazine rings is 1. The predicted octanol–water partition coefficient (Wildman–Crippen LogP) is 1.75. The van der Waals surface area contributed by atoms with Crippen LogP contribution in [0.3, 0.4) is 0 Å². The first-order chi connectivity index (χ1) is 11.5. The van der Waals surface area contributed by atoms with Crippen LogP contribution >= 0.6 is 0 Å². The molecule has 0 bridgehead atoms. The summed E-state index contributed by atoms with van der Waals surface area (Å²) in [5, 5.41) is 4.35. The van der Waals surface area contributed by atoms with E-state index in [0.717, 1.165) is 24.2 Å². The monoisotopic (exact) mass is 332 g/mol. The highest BCUT2D eigenvalue weighted by molar-refractivity contribution is 5.80. The van der Waals surface area contributed by atoms with Crippen molar-refractivity contribution in [2.75, 3.05) is 26.2 Å². The Hall–Kier alpha value is -1.85. The van der Waals surface area contributed by atoms with Gasteiger partial charge in [0.05, 0.1) is 5.69 Å². The Morgan fingerprint density at radius 3 is 2.25 bits per heavy atom. The van der Waals surface area contributed by atoms with E-state index >= 15 is 0 Å². The summed E-state index contributed by atoms with van der Waals surface area (Å²) in [4.78, 5) is 28.9. The molecule has 0 atom stereocenters. The van der Waals surface area contributed by atoms with Crippen molar-refractivity contribution < 1.29 is 9.59 Å². The molecule has 1 aliphatic heterocycles. The summed E-state index contributed by atoms with van der Waals surface area (Å²) in [5.74, 6) is 0.613. The average Bonchev–Trinajstić information content (AvgIpc) is 2.92. The molecule has 24 heavy (non-hydrogen) atoms. The Labute approximate surface area is 143 Å². The summed E-state index contributed by atoms with van der Waals surface area (Å²) >= 11 is 0. The lowest BCUT2D eigenvalue weighted by atomic mass is 9.88. The van der Waals surface area contributed by atoms with Crippen LogP contribution in [0.4, 0.5) is 0 Å². The predicted molar refractivity (Wildman–Crippen MR) is 91.4 cm³/mol. The highest BCUT2D eigenvalue weighted by atomic mass is 16.2. The van der Waals surface area contributed by atoms with Crippen molar-refractivity contribution >= 4 is 11.8 Å². The minimum Gasteiger partial charge on any atom is -0.339 e. The lowest BCUT2D eigenvalue weighted by Crippen LogP contribution is -2.52. The molecule has 2 amide bonds. The fraction of sp³-hybridized carbons (Fsp3) is 0.722. The van der Waals surface area contributed by atoms with Gasteiger partial charge in [0.25, 0.3) is 0 Å². The SMILES string of the molecule is Cc1cc(C)n(CC(=O)N2CCN(C(=O)C3CCCCC3)CC2)n1. The molecule has 2 fully saturated rings. The highest BCUT2D eigenvalue weighted by Crippen LogP contribution is 2.25. The van der Waals surface area contributed by atoms with Crippen LogP contribution < -0.4 is 0 Å². The smallest absolute Gasteiger partial charge is 0.244 e. The number of aromatic nitrogens is 2. The quantitative estimate of drug-likeness (QED) is 0.847. The first-order valence-corrected chi connectivity index (χ1v) is 9.12. The van der Waals surface area contributed by atoms with Crippen LogP contribution in [0.1, 0.15) is 43.5 Å². The molecule has 1 aromatic rings. The molecule has 1 saturated carbocycles. The van der Waals surface area contributed by atoms with E-state index in [1.54, 1.807) is 4.68 Å². The van der Waals surface area contributed by atoms with Crippen LogP contribution in [-0.4, -0.2) is 57.6 Å². The van der Waals surface area contributed by atoms with E-state index in [1.807, 2.05) is 29.7 Å². The van der Waals surface area contributed by atoms with Gasteiger partial charge in [-0.1, -0.05) is 19.3 Å². The fourth-order valence-corrected chi connectivity index (χ4v) is 3.85. The zero-order chi connectivity index (χ0) is 17.1. The molecule has 1 aliphatic carbocycles. The lowest BCUT2D eigenvalue weighted by molar-refractivity contribution is -0.143. The second-order valence-corrected chi connectivity index (χ2v) is 7.13. The lowest BCUT2D eigenvalue weighted by Gasteiger charge is -2.37. The Bertz CT molecular complexity index is 596. The molecule has 1 saturated heterocycles. The number of amides is 2. The standard InChI is InChI=1S/C18H28N4O2/c1-14-12-15(2)22(19-14)13-17(23)20-8-10-21(11-9-20)18(24)16-6-4-3-5-7-16/h12,16H,3-11,13H2,1-2H3. The summed E-state index contributed by atoms with van der Waals surface area (Å²) in [6.07, 6.45) is 5.69. The summed E-state index contributed by atoms with van der Waals surface area (Å²) in [7, 11) is 0. The Morgan fingerprint density at radius 1 is 1.04 bits per heavy atom. The van der Waals surface area contributed by atoms with Gasteiger partial charge < -0.3 is 9.80 Å². The van der Waals surface area contributed by atoms with Crippen molar-refractivity contribution in [1.29, 1.82) is 0 Å². The number of carbonyl (C=O) groups excluding carboxylic acids is 2. The van der Waals surface area contributed by atoms with Gasteiger partial charge in [0, 0.05) is 37.8 Å². The van der Waals surface area contributed by atoms with E-state index < -0.39 is 0 Å². The average molecular weight is 332 g/mol. The molecule has 6 nitrogen and oxygen atoms in total. The molecule has 0 unspecified atom stereocenters. The third-order valence-electron chi connectivity index (χ3n) is 5.29. The number of hydrogen-bond donors (Lipinski definition) is 0. The maximum Gasteiger partial charge on any atom is 0.244 e. The molecule has 0 spiro atoms. The molecule has 3 rings (SSSR count). The van der Waals surface area contributed by atoms with Crippen molar-refractivity contribution in [3.8, 4) is 0 Å². The van der Waals surface area contributed by atoms with Crippen LogP contribution in [0.5, 0.6) is 0 Å². The molecule has 0 N–H and O–H groups in total. The molecular formula is C18H28N4O2. The van der Waals surface area contributed by atoms with Crippen molar-refractivity contribution in [2.24, 2.45) is 5.92 Å². The van der Waals surface area contributed by atoms with Gasteiger partial charge in [-0.25, -0.2) is 0 Å². The van der Waals surface area contributed by atoms with Crippen molar-refractivity contribution in [3.63, 3.8) is 0 Å². The van der Waals surface area contributed by atoms with Crippen LogP contribution in [0.2, 0.25) is 0 Å². The Kier molecular flexibility index (Phi) is 5.21. The fourth-order valence-electron chi connectivity index (χ4n) is 3.85. The molecule has 2 heterocycles. The van der Waals surface area contributed by atoms with Crippen molar-refractivity contribution in [2.45, 2.75) is 52.5 Å².